The summed E-state index contributed by atoms with van der Waals surface area (Å²) in [5.74, 6) is -3.35. The van der Waals surface area contributed by atoms with E-state index < -0.39 is 41.8 Å². The van der Waals surface area contributed by atoms with E-state index in [1.54, 1.807) is 0 Å². The molecule has 0 radical (unpaired) electrons. The molecule has 2 fully saturated rings. The van der Waals surface area contributed by atoms with Crippen LogP contribution in [0.1, 0.15) is 44.2 Å². The van der Waals surface area contributed by atoms with Crippen molar-refractivity contribution in [2.75, 3.05) is 13.1 Å². The van der Waals surface area contributed by atoms with Gasteiger partial charge in [0.2, 0.25) is 23.6 Å². The van der Waals surface area contributed by atoms with E-state index >= 15 is 0 Å². The van der Waals surface area contributed by atoms with Crippen LogP contribution in [0.5, 0.6) is 0 Å². The number of carboxylic acid groups (broad SMARTS) is 1. The van der Waals surface area contributed by atoms with Crippen molar-refractivity contribution in [3.63, 3.8) is 0 Å². The third-order valence-electron chi connectivity index (χ3n) is 6.09. The number of aromatic amines is 1. The van der Waals surface area contributed by atoms with E-state index in [1.807, 2.05) is 0 Å². The Morgan fingerprint density at radius 2 is 1.97 bits per heavy atom. The molecule has 13 heteroatoms. The Balaban J connectivity index is 1.67. The Morgan fingerprint density at radius 1 is 1.18 bits per heavy atom. The third-order valence-corrected chi connectivity index (χ3v) is 6.09. The van der Waals surface area contributed by atoms with Crippen molar-refractivity contribution in [2.24, 2.45) is 5.73 Å². The summed E-state index contributed by atoms with van der Waals surface area (Å²) in [4.78, 5) is 70.0. The fourth-order valence-corrected chi connectivity index (χ4v) is 4.31. The minimum absolute atomic E-state index is 0.0691. The molecule has 0 spiro atoms. The van der Waals surface area contributed by atoms with Crippen molar-refractivity contribution in [2.45, 2.75) is 69.1 Å². The van der Waals surface area contributed by atoms with Gasteiger partial charge in [-0.2, -0.15) is 0 Å². The van der Waals surface area contributed by atoms with Crippen LogP contribution in [0.25, 0.3) is 0 Å². The number of carbonyl (C=O) groups is 5. The number of rotatable bonds is 11. The molecule has 7 N–H and O–H groups in total. The maximum absolute atomic E-state index is 13.1. The molecule has 0 aromatic carbocycles. The molecule has 0 unspecified atom stereocenters. The minimum atomic E-state index is -1.29. The van der Waals surface area contributed by atoms with E-state index in [0.29, 0.717) is 31.5 Å². The number of nitrogens with zero attached hydrogens (tertiary/aromatic N) is 2. The molecule has 186 valence electrons. The van der Waals surface area contributed by atoms with E-state index in [9.17, 15) is 29.1 Å². The number of carbonyl (C=O) groups excluding carboxylic acids is 4. The highest BCUT2D eigenvalue weighted by molar-refractivity contribution is 5.94. The zero-order valence-electron chi connectivity index (χ0n) is 18.8. The molecule has 3 heterocycles. The molecule has 2 saturated heterocycles. The zero-order chi connectivity index (χ0) is 24.7. The van der Waals surface area contributed by atoms with Gasteiger partial charge in [0.15, 0.2) is 0 Å². The number of amides is 4. The molecule has 2 aliphatic rings. The normalized spacial score (nSPS) is 21.6. The number of H-pyrrole nitrogens is 1. The number of hydrogen-bond donors (Lipinski definition) is 6. The second kappa shape index (κ2) is 11.6. The molecule has 1 aromatic rings. The van der Waals surface area contributed by atoms with Gasteiger partial charge in [-0.1, -0.05) is 0 Å². The topological polar surface area (TPSA) is 200 Å². The Bertz CT molecular complexity index is 899. The van der Waals surface area contributed by atoms with E-state index in [1.165, 1.54) is 17.4 Å². The Morgan fingerprint density at radius 3 is 2.59 bits per heavy atom. The van der Waals surface area contributed by atoms with Crippen molar-refractivity contribution in [1.82, 2.24) is 30.8 Å². The first-order valence-electron chi connectivity index (χ1n) is 11.4. The summed E-state index contributed by atoms with van der Waals surface area (Å²) in [6.45, 7) is 1.19. The number of primary amides is 1. The van der Waals surface area contributed by atoms with Gasteiger partial charge in [-0.15, -0.1) is 0 Å². The second-order valence-corrected chi connectivity index (χ2v) is 8.57. The Hall–Kier alpha value is -3.48. The summed E-state index contributed by atoms with van der Waals surface area (Å²) in [5, 5.41) is 17.7. The van der Waals surface area contributed by atoms with Crippen molar-refractivity contribution < 1.29 is 29.1 Å². The lowest BCUT2D eigenvalue weighted by molar-refractivity contribution is -0.143. The number of aromatic nitrogens is 2. The number of hydrogen-bond acceptors (Lipinski definition) is 7. The van der Waals surface area contributed by atoms with Crippen molar-refractivity contribution in [1.29, 1.82) is 0 Å². The summed E-state index contributed by atoms with van der Waals surface area (Å²) in [5.41, 5.74) is 5.65. The number of nitrogens with one attached hydrogen (secondary N) is 4. The van der Waals surface area contributed by atoms with Gasteiger partial charge in [0.1, 0.15) is 18.1 Å². The molecular weight excluding hydrogens is 446 g/mol. The van der Waals surface area contributed by atoms with E-state index in [2.05, 4.69) is 25.9 Å². The predicted octanol–water partition coefficient (Wildman–Crippen LogP) is -1.99. The zero-order valence-corrected chi connectivity index (χ0v) is 18.8. The Kier molecular flexibility index (Phi) is 8.57. The molecule has 0 bridgehead atoms. The molecule has 13 nitrogen and oxygen atoms in total. The van der Waals surface area contributed by atoms with Crippen LogP contribution in [-0.2, 0) is 30.4 Å². The summed E-state index contributed by atoms with van der Waals surface area (Å²) in [6, 6.07) is -3.54. The predicted molar refractivity (Wildman–Crippen MR) is 118 cm³/mol. The Labute approximate surface area is 196 Å². The van der Waals surface area contributed by atoms with Crippen LogP contribution < -0.4 is 21.7 Å². The van der Waals surface area contributed by atoms with Crippen molar-refractivity contribution >= 4 is 29.6 Å². The molecule has 2 aliphatic heterocycles. The highest BCUT2D eigenvalue weighted by atomic mass is 16.4. The number of nitrogens with two attached hydrogens (primary N) is 1. The average Bonchev–Trinajstić information content (AvgIpc) is 3.57. The largest absolute Gasteiger partial charge is 0.480 e. The summed E-state index contributed by atoms with van der Waals surface area (Å²) >= 11 is 0. The average molecular weight is 478 g/mol. The lowest BCUT2D eigenvalue weighted by Gasteiger charge is -2.28. The lowest BCUT2D eigenvalue weighted by atomic mass is 10.1. The molecule has 4 amide bonds. The van der Waals surface area contributed by atoms with E-state index in [-0.39, 0.29) is 31.2 Å². The van der Waals surface area contributed by atoms with Gasteiger partial charge in [0, 0.05) is 25.6 Å². The molecule has 0 aliphatic carbocycles. The van der Waals surface area contributed by atoms with Crippen molar-refractivity contribution in [3.8, 4) is 0 Å². The van der Waals surface area contributed by atoms with Gasteiger partial charge < -0.3 is 36.7 Å². The number of carboxylic acids is 1. The standard InChI is InChI=1S/C21H31N7O6/c22-17(29)6-5-13(18(30)27-15(21(33)34)9-12-10-23-11-25-12)26-19(31)16-4-2-8-28(16)20(32)14-3-1-7-24-14/h10-11,13-16,24H,1-9H2,(H2,22,29)(H,23,25)(H,26,31)(H,27,30)(H,33,34)/t13-,14-,15-,16-/m0/s1. The van der Waals surface area contributed by atoms with Crippen LogP contribution >= 0.6 is 0 Å². The maximum Gasteiger partial charge on any atom is 0.326 e. The molecule has 1 aromatic heterocycles. The van der Waals surface area contributed by atoms with Crippen LogP contribution in [0.2, 0.25) is 0 Å². The van der Waals surface area contributed by atoms with Gasteiger partial charge in [-0.25, -0.2) is 9.78 Å². The third kappa shape index (κ3) is 6.53. The number of aliphatic carboxylic acids is 1. The molecule has 4 atom stereocenters. The number of likely N-dealkylation sites (tertiary alicyclic amines) is 1. The molecule has 34 heavy (non-hydrogen) atoms. The SMILES string of the molecule is NC(=O)CC[C@H](NC(=O)[C@@H]1CCCN1C(=O)[C@@H]1CCCN1)C(=O)N[C@@H](Cc1c[nH]cn1)C(=O)O. The van der Waals surface area contributed by atoms with Gasteiger partial charge in [0.05, 0.1) is 18.1 Å². The first-order chi connectivity index (χ1) is 16.3. The maximum atomic E-state index is 13.1. The van der Waals surface area contributed by atoms with Crippen molar-refractivity contribution in [3.05, 3.63) is 18.2 Å². The second-order valence-electron chi connectivity index (χ2n) is 8.57. The van der Waals surface area contributed by atoms with Gasteiger partial charge in [-0.05, 0) is 38.6 Å². The van der Waals surface area contributed by atoms with Crippen LogP contribution in [0.15, 0.2) is 12.5 Å². The smallest absolute Gasteiger partial charge is 0.326 e. The summed E-state index contributed by atoms with van der Waals surface area (Å²) in [7, 11) is 0. The van der Waals surface area contributed by atoms with Gasteiger partial charge in [0.25, 0.3) is 0 Å². The molecule has 3 rings (SSSR count). The van der Waals surface area contributed by atoms with Crippen LogP contribution in [0, 0.1) is 0 Å². The van der Waals surface area contributed by atoms with Gasteiger partial charge >= 0.3 is 5.97 Å². The van der Waals surface area contributed by atoms with Gasteiger partial charge in [-0.3, -0.25) is 19.2 Å². The first-order valence-corrected chi connectivity index (χ1v) is 11.4. The van der Waals surface area contributed by atoms with E-state index in [4.69, 9.17) is 5.73 Å². The van der Waals surface area contributed by atoms with Crippen LogP contribution in [0.3, 0.4) is 0 Å². The fraction of sp³-hybridized carbons (Fsp3) is 0.619. The van der Waals surface area contributed by atoms with Crippen LogP contribution in [-0.4, -0.2) is 86.8 Å². The van der Waals surface area contributed by atoms with E-state index in [0.717, 1.165) is 13.0 Å². The molecule has 0 saturated carbocycles. The lowest BCUT2D eigenvalue weighted by Crippen LogP contribution is -2.56. The first kappa shape index (κ1) is 25.1. The monoisotopic (exact) mass is 477 g/mol. The highest BCUT2D eigenvalue weighted by Crippen LogP contribution is 2.21. The molecular formula is C21H31N7O6. The number of imidazole rings is 1. The fourth-order valence-electron chi connectivity index (χ4n) is 4.31. The van der Waals surface area contributed by atoms with Crippen LogP contribution in [0.4, 0.5) is 0 Å². The highest BCUT2D eigenvalue weighted by Gasteiger charge is 2.39. The summed E-state index contributed by atoms with van der Waals surface area (Å²) in [6.07, 6.45) is 5.24. The quantitative estimate of drug-likeness (QED) is 0.210. The minimum Gasteiger partial charge on any atom is -0.480 e. The summed E-state index contributed by atoms with van der Waals surface area (Å²) < 4.78 is 0.